The summed E-state index contributed by atoms with van der Waals surface area (Å²) in [4.78, 5) is 61.1. The number of hydrogen-bond acceptors (Lipinski definition) is 12. The molecule has 1 aliphatic heterocycles. The third-order valence-electron chi connectivity index (χ3n) is 11.7. The first kappa shape index (κ1) is 57.7. The number of carbonyl (C=O) groups is 5. The number of carboxylic acids is 1. The van der Waals surface area contributed by atoms with Gasteiger partial charge < -0.3 is 44.3 Å². The predicted octanol–water partition coefficient (Wildman–Crippen LogP) is 6.77. The van der Waals surface area contributed by atoms with Crippen LogP contribution in [0.1, 0.15) is 138 Å². The van der Waals surface area contributed by atoms with Gasteiger partial charge in [-0.3, -0.25) is 14.4 Å². The molecule has 0 spiro atoms. The van der Waals surface area contributed by atoms with Crippen LogP contribution in [0, 0.1) is 23.7 Å². The maximum absolute atomic E-state index is 13.0. The number of aliphatic carboxylic acids is 1. The molecule has 0 aromatic rings. The number of ketones is 2. The van der Waals surface area contributed by atoms with Crippen molar-refractivity contribution in [1.82, 2.24) is 4.90 Å². The molecule has 1 saturated heterocycles. The molecule has 61 heavy (non-hydrogen) atoms. The average Bonchev–Trinajstić information content (AvgIpc) is 3.24. The number of nitrogens with zero attached hydrogens (tertiary/aromatic N) is 1. The molecular formula is C47H81NO13. The van der Waals surface area contributed by atoms with Gasteiger partial charge in [-0.1, -0.05) is 70.9 Å². The number of rotatable bonds is 24. The van der Waals surface area contributed by atoms with Gasteiger partial charge in [-0.05, 0) is 102 Å². The van der Waals surface area contributed by atoms with Gasteiger partial charge in [0.15, 0.2) is 0 Å². The zero-order chi connectivity index (χ0) is 46.9. The second-order valence-corrected chi connectivity index (χ2v) is 16.8. The van der Waals surface area contributed by atoms with E-state index in [9.17, 15) is 44.4 Å². The fraction of sp³-hybridized carbons (Fsp3) is 0.766. The molecule has 4 N–H and O–H groups in total. The number of methoxy groups -OCH3 is 4. The van der Waals surface area contributed by atoms with Crippen LogP contribution < -0.4 is 0 Å². The molecule has 0 aromatic heterocycles. The first-order valence-electron chi connectivity index (χ1n) is 22.1. The predicted molar refractivity (Wildman–Crippen MR) is 235 cm³/mol. The van der Waals surface area contributed by atoms with E-state index < -0.39 is 53.6 Å². The van der Waals surface area contributed by atoms with Crippen molar-refractivity contribution in [2.24, 2.45) is 23.7 Å². The van der Waals surface area contributed by atoms with Crippen LogP contribution in [0.15, 0.2) is 36.0 Å². The lowest BCUT2D eigenvalue weighted by molar-refractivity contribution is -0.208. The van der Waals surface area contributed by atoms with Crippen molar-refractivity contribution in [3.05, 3.63) is 36.0 Å². The number of ether oxygens (including phenoxy) is 4. The Bertz CT molecular complexity index is 1410. The lowest BCUT2D eigenvalue weighted by Crippen LogP contribution is -2.57. The third kappa shape index (κ3) is 21.6. The standard InChI is InChI=1S/C41H69NO11.C4H6O2.C2H6/c1-26(15-16-32(43)24-37(44)29(4)19-28(3)20-31-12-11-13-33(23-31)51-6)18-27(2)21-34(52-7)25-35(53-8)22-30(5)41(49,50)38(45)39(46)42-17-10-9-14-36(42)40(47)48;1-3-4(5)6-2;1-2/h15,20,27,29-31,33-37,44,49-50H,9-14,16-19,21-25H2,1-8H3,(H,47,48);3H,1H2,2H3;1-2H3/b26-15+,28-20+;;/t27?,29-,30?,31?,33?,34-,35?,36?,37?;;/m0../s1. The van der Waals surface area contributed by atoms with E-state index >= 15 is 0 Å². The van der Waals surface area contributed by atoms with Gasteiger partial charge in [0.1, 0.15) is 11.8 Å². The number of carbonyl (C=O) groups excluding carboxylic acids is 4. The van der Waals surface area contributed by atoms with Gasteiger partial charge in [0.2, 0.25) is 5.79 Å². The van der Waals surface area contributed by atoms with Gasteiger partial charge in [-0.15, -0.1) is 0 Å². The molecule has 2 rings (SSSR count). The summed E-state index contributed by atoms with van der Waals surface area (Å²) in [6.45, 7) is 16.8. The molecule has 14 nitrogen and oxygen atoms in total. The van der Waals surface area contributed by atoms with E-state index in [4.69, 9.17) is 14.2 Å². The number of aliphatic hydroxyl groups excluding tert-OH is 1. The average molecular weight is 868 g/mol. The molecule has 0 aromatic carbocycles. The highest BCUT2D eigenvalue weighted by Crippen LogP contribution is 2.31. The zero-order valence-electron chi connectivity index (χ0n) is 39.2. The fourth-order valence-electron chi connectivity index (χ4n) is 8.09. The smallest absolute Gasteiger partial charge is 0.329 e. The van der Waals surface area contributed by atoms with E-state index in [1.165, 1.54) is 39.6 Å². The van der Waals surface area contributed by atoms with E-state index in [0.29, 0.717) is 37.7 Å². The summed E-state index contributed by atoms with van der Waals surface area (Å²) < 4.78 is 21.1. The summed E-state index contributed by atoms with van der Waals surface area (Å²) in [6, 6.07) is -1.18. The number of piperidine rings is 1. The van der Waals surface area contributed by atoms with Gasteiger partial charge in [0, 0.05) is 52.7 Å². The molecule has 352 valence electrons. The van der Waals surface area contributed by atoms with Gasteiger partial charge in [0.05, 0.1) is 31.5 Å². The molecule has 14 heteroatoms. The van der Waals surface area contributed by atoms with Gasteiger partial charge in [-0.2, -0.15) is 0 Å². The van der Waals surface area contributed by atoms with Crippen LogP contribution in [0.5, 0.6) is 0 Å². The van der Waals surface area contributed by atoms with Crippen LogP contribution in [-0.4, -0.2) is 126 Å². The van der Waals surface area contributed by atoms with Crippen molar-refractivity contribution in [2.45, 2.75) is 175 Å². The molecule has 9 atom stereocenters. The number of esters is 1. The Hall–Kier alpha value is -3.27. The maximum Gasteiger partial charge on any atom is 0.329 e. The largest absolute Gasteiger partial charge is 0.480 e. The van der Waals surface area contributed by atoms with Gasteiger partial charge >= 0.3 is 11.9 Å². The van der Waals surface area contributed by atoms with Gasteiger partial charge in [0.25, 0.3) is 11.7 Å². The Balaban J connectivity index is 0.00000411. The number of amides is 1. The van der Waals surface area contributed by atoms with E-state index in [1.54, 1.807) is 14.2 Å². The molecule has 1 heterocycles. The Morgan fingerprint density at radius 2 is 1.46 bits per heavy atom. The second kappa shape index (κ2) is 30.7. The maximum atomic E-state index is 13.0. The molecule has 7 unspecified atom stereocenters. The van der Waals surface area contributed by atoms with E-state index in [-0.39, 0.29) is 56.0 Å². The highest BCUT2D eigenvalue weighted by atomic mass is 16.5. The first-order chi connectivity index (χ1) is 28.7. The highest BCUT2D eigenvalue weighted by molar-refractivity contribution is 6.39. The fourth-order valence-corrected chi connectivity index (χ4v) is 8.09. The Morgan fingerprint density at radius 3 is 2.00 bits per heavy atom. The van der Waals surface area contributed by atoms with Crippen LogP contribution in [0.4, 0.5) is 0 Å². The van der Waals surface area contributed by atoms with Crippen molar-refractivity contribution in [2.75, 3.05) is 35.0 Å². The number of hydrogen-bond donors (Lipinski definition) is 4. The summed E-state index contributed by atoms with van der Waals surface area (Å²) >= 11 is 0. The summed E-state index contributed by atoms with van der Waals surface area (Å²) in [7, 11) is 6.16. The van der Waals surface area contributed by atoms with Crippen molar-refractivity contribution >= 4 is 29.4 Å². The number of carboxylic acid groups (broad SMARTS) is 1. The van der Waals surface area contributed by atoms with E-state index in [0.717, 1.165) is 42.2 Å². The molecule has 0 radical (unpaired) electrons. The minimum Gasteiger partial charge on any atom is -0.480 e. The SMILES string of the molecule is C=CC(=O)OC.CC.COC1CCCC(/C=C(\C)C[C@H](C)C(O)CC(=O)C/C=C(\C)CC(C)C[C@@H](CC(CC(C)C(O)(O)C(=O)C(=O)N2CCCCC2C(=O)O)OC)OC)C1. The minimum atomic E-state index is -3.00. The monoisotopic (exact) mass is 868 g/mol. The summed E-state index contributed by atoms with van der Waals surface area (Å²) in [5.74, 6) is -7.72. The number of allylic oxidation sites excluding steroid dienone is 4. The third-order valence-corrected chi connectivity index (χ3v) is 11.7. The van der Waals surface area contributed by atoms with Crippen LogP contribution in [0.25, 0.3) is 0 Å². The summed E-state index contributed by atoms with van der Waals surface area (Å²) in [6.07, 6.45) is 13.0. The first-order valence-corrected chi connectivity index (χ1v) is 22.1. The van der Waals surface area contributed by atoms with Crippen molar-refractivity contribution < 1.29 is 63.3 Å². The Morgan fingerprint density at radius 1 is 0.836 bits per heavy atom. The lowest BCUT2D eigenvalue weighted by atomic mass is 9.84. The van der Waals surface area contributed by atoms with Crippen molar-refractivity contribution in [1.29, 1.82) is 0 Å². The van der Waals surface area contributed by atoms with Crippen molar-refractivity contribution in [3.8, 4) is 0 Å². The molecule has 1 saturated carbocycles. The number of Topliss-reactive ketones (excluding diaryl/α,β-unsaturated/α-hetero) is 2. The minimum absolute atomic E-state index is 0.00156. The molecule has 1 aliphatic carbocycles. The zero-order valence-corrected chi connectivity index (χ0v) is 39.2. The molecule has 1 amide bonds. The van der Waals surface area contributed by atoms with Crippen LogP contribution in [-0.2, 0) is 42.9 Å². The number of aliphatic hydroxyl groups is 3. The van der Waals surface area contributed by atoms with Crippen LogP contribution in [0.2, 0.25) is 0 Å². The lowest BCUT2D eigenvalue weighted by Gasteiger charge is -2.35. The highest BCUT2D eigenvalue weighted by Gasteiger charge is 2.47. The van der Waals surface area contributed by atoms with E-state index in [2.05, 4.69) is 31.2 Å². The van der Waals surface area contributed by atoms with Crippen LogP contribution in [0.3, 0.4) is 0 Å². The molecule has 0 bridgehead atoms. The Kier molecular flexibility index (Phi) is 29.1. The summed E-state index contributed by atoms with van der Waals surface area (Å²) in [5.41, 5.74) is 2.31. The molecule has 2 aliphatic rings. The summed E-state index contributed by atoms with van der Waals surface area (Å²) in [5, 5.41) is 41.9. The second-order valence-electron chi connectivity index (χ2n) is 16.8. The topological polar surface area (TPSA) is 206 Å². The number of likely N-dealkylation sites (tertiary alicyclic amines) is 1. The van der Waals surface area contributed by atoms with E-state index in [1.807, 2.05) is 33.8 Å². The van der Waals surface area contributed by atoms with Crippen LogP contribution >= 0.6 is 0 Å². The van der Waals surface area contributed by atoms with Gasteiger partial charge in [-0.25, -0.2) is 9.59 Å². The normalized spacial score (nSPS) is 21.5. The van der Waals surface area contributed by atoms with Crippen molar-refractivity contribution in [3.63, 3.8) is 0 Å². The molecular weight excluding hydrogens is 787 g/mol. The Labute approximate surface area is 366 Å². The molecule has 2 fully saturated rings. The quantitative estimate of drug-likeness (QED) is 0.0260.